The van der Waals surface area contributed by atoms with Crippen LogP contribution in [0.5, 0.6) is 0 Å². The summed E-state index contributed by atoms with van der Waals surface area (Å²) < 4.78 is 12.6. The minimum absolute atomic E-state index is 0.0461. The van der Waals surface area contributed by atoms with Crippen molar-refractivity contribution in [2.24, 2.45) is 28.6 Å². The fourth-order valence-corrected chi connectivity index (χ4v) is 11.7. The number of nitrogens with zero attached hydrogens (tertiary/aromatic N) is 2. The van der Waals surface area contributed by atoms with Crippen LogP contribution in [0.15, 0.2) is 70.4 Å². The highest BCUT2D eigenvalue weighted by Crippen LogP contribution is 2.72. The fraction of sp³-hybridized carbons (Fsp3) is 0.537. The van der Waals surface area contributed by atoms with E-state index in [0.29, 0.717) is 36.4 Å². The summed E-state index contributed by atoms with van der Waals surface area (Å²) in [5.41, 5.74) is 10.9. The number of nitrogens with two attached hydrogens (primary N) is 1. The van der Waals surface area contributed by atoms with Crippen LogP contribution in [0, 0.1) is 28.6 Å². The maximum atomic E-state index is 14.5. The summed E-state index contributed by atoms with van der Waals surface area (Å²) in [6.07, 6.45) is 20.1. The Labute approximate surface area is 292 Å². The van der Waals surface area contributed by atoms with Crippen molar-refractivity contribution in [3.05, 3.63) is 81.5 Å². The topological polar surface area (TPSA) is 129 Å². The lowest BCUT2D eigenvalue weighted by Gasteiger charge is -2.58. The van der Waals surface area contributed by atoms with E-state index in [9.17, 15) is 19.2 Å². The van der Waals surface area contributed by atoms with E-state index in [0.717, 1.165) is 85.0 Å². The third-order valence-corrected chi connectivity index (χ3v) is 13.8. The largest absolute Gasteiger partial charge is 0.427 e. The van der Waals surface area contributed by atoms with Crippen LogP contribution in [-0.2, 0) is 35.1 Å². The van der Waals surface area contributed by atoms with Crippen LogP contribution in [0.3, 0.4) is 0 Å². The number of esters is 2. The number of ether oxygens (including phenoxy) is 2. The molecule has 0 radical (unpaired) electrons. The summed E-state index contributed by atoms with van der Waals surface area (Å²) in [5.74, 6) is -0.163. The predicted molar refractivity (Wildman–Crippen MR) is 184 cm³/mol. The predicted octanol–water partition coefficient (Wildman–Crippen LogP) is 6.67. The number of pyridine rings is 1. The van der Waals surface area contributed by atoms with Crippen molar-refractivity contribution in [3.8, 4) is 0 Å². The minimum Gasteiger partial charge on any atom is -0.427 e. The van der Waals surface area contributed by atoms with Crippen molar-refractivity contribution in [2.75, 3.05) is 5.73 Å². The number of imide groups is 1. The summed E-state index contributed by atoms with van der Waals surface area (Å²) in [7, 11) is 0. The molecule has 2 bridgehead atoms. The number of allylic oxidation sites excluding steroid dienone is 4. The monoisotopic (exact) mass is 675 g/mol. The van der Waals surface area contributed by atoms with Crippen molar-refractivity contribution >= 4 is 29.6 Å². The third kappa shape index (κ3) is 4.21. The highest BCUT2D eigenvalue weighted by atomic mass is 16.5. The van der Waals surface area contributed by atoms with Crippen LogP contribution in [0.25, 0.3) is 0 Å². The number of hydrogen-bond acceptors (Lipinski definition) is 8. The first kappa shape index (κ1) is 31.7. The Morgan fingerprint density at radius 1 is 0.980 bits per heavy atom. The number of hydrogen-bond donors (Lipinski definition) is 1. The molecule has 6 aliphatic carbocycles. The standard InChI is InChI=1S/C41H45N3O6/c1-3-5-8-29-41-19-15-22(24-9-10-26-28(49-38(47)34(26)35(24)41)21-40(4-2)17-6-7-18-40)33(36(41)39(48)50-29)32-23-16-20-43-37(42)25(23)11-12-27(32)44-30(45)13-14-31(44)46/h8,13-14,16,20-22,24,27,32,35H,3-7,9-12,15,17-19H2,1-2H3,(H2,42,43)/b28-21?,29-8-/t22-,24-,27-,32-,35+,41-/m0/s1. The second kappa shape index (κ2) is 11.4. The Morgan fingerprint density at radius 2 is 1.76 bits per heavy atom. The first-order valence-corrected chi connectivity index (χ1v) is 18.9. The number of anilines is 1. The van der Waals surface area contributed by atoms with Crippen LogP contribution in [0.2, 0.25) is 0 Å². The Kier molecular flexibility index (Phi) is 7.21. The van der Waals surface area contributed by atoms with Crippen LogP contribution in [-0.4, -0.2) is 39.7 Å². The lowest BCUT2D eigenvalue weighted by molar-refractivity contribution is -0.140. The average Bonchev–Trinajstić information content (AvgIpc) is 3.88. The van der Waals surface area contributed by atoms with Gasteiger partial charge in [-0.1, -0.05) is 33.1 Å². The normalized spacial score (nSPS) is 35.2. The SMILES string of the molecule is CCC/C=C1\OC(=O)C2=C([C@H]3c4ccnc(N)c4CC[C@@H]3N3C(=O)C=CC3=O)[C@H]3CC[C@]21[C@H]1C2=C(CC[C@@H]31)C(=CC1(CC)CCCC1)OC2=O. The van der Waals surface area contributed by atoms with Gasteiger partial charge in [0.1, 0.15) is 17.3 Å². The molecule has 2 amide bonds. The van der Waals surface area contributed by atoms with E-state index in [-0.39, 0.29) is 46.9 Å². The summed E-state index contributed by atoms with van der Waals surface area (Å²) in [6, 6.07) is 1.46. The molecule has 9 heteroatoms. The smallest absolute Gasteiger partial charge is 0.340 e. The molecule has 0 aromatic carbocycles. The van der Waals surface area contributed by atoms with Gasteiger partial charge in [-0.05, 0) is 116 Å². The molecule has 1 saturated heterocycles. The van der Waals surface area contributed by atoms with Gasteiger partial charge in [-0.25, -0.2) is 14.6 Å². The molecule has 260 valence electrons. The van der Waals surface area contributed by atoms with Gasteiger partial charge in [0.2, 0.25) is 0 Å². The molecule has 1 aromatic rings. The molecule has 3 fully saturated rings. The van der Waals surface area contributed by atoms with Crippen LogP contribution in [0.4, 0.5) is 5.82 Å². The van der Waals surface area contributed by atoms with Crippen LogP contribution >= 0.6 is 0 Å². The zero-order chi connectivity index (χ0) is 34.5. The molecular formula is C41H45N3O6. The molecule has 1 spiro atoms. The quantitative estimate of drug-likeness (QED) is 0.262. The van der Waals surface area contributed by atoms with Gasteiger partial charge in [0.05, 0.1) is 17.0 Å². The van der Waals surface area contributed by atoms with E-state index >= 15 is 0 Å². The second-order valence-electron chi connectivity index (χ2n) is 15.8. The summed E-state index contributed by atoms with van der Waals surface area (Å²) >= 11 is 0. The summed E-state index contributed by atoms with van der Waals surface area (Å²) in [6.45, 7) is 4.34. The molecule has 2 N–H and O–H groups in total. The number of amides is 2. The van der Waals surface area contributed by atoms with Gasteiger partial charge in [-0.3, -0.25) is 14.5 Å². The van der Waals surface area contributed by atoms with E-state index in [2.05, 4.69) is 31.0 Å². The molecule has 6 atom stereocenters. The molecular weight excluding hydrogens is 630 g/mol. The lowest BCUT2D eigenvalue weighted by atomic mass is 9.43. The lowest BCUT2D eigenvalue weighted by Crippen LogP contribution is -2.55. The number of aromatic nitrogens is 1. The molecule has 4 heterocycles. The van der Waals surface area contributed by atoms with Crippen molar-refractivity contribution in [2.45, 2.75) is 109 Å². The molecule has 9 nitrogen and oxygen atoms in total. The maximum Gasteiger partial charge on any atom is 0.340 e. The Balaban J connectivity index is 1.27. The molecule has 10 rings (SSSR count). The molecule has 50 heavy (non-hydrogen) atoms. The van der Waals surface area contributed by atoms with Crippen molar-refractivity contribution < 1.29 is 28.7 Å². The third-order valence-electron chi connectivity index (χ3n) is 13.8. The van der Waals surface area contributed by atoms with Gasteiger partial charge in [-0.15, -0.1) is 0 Å². The number of rotatable bonds is 6. The maximum absolute atomic E-state index is 14.5. The number of unbranched alkanes of at least 4 members (excludes halogenated alkanes) is 1. The zero-order valence-corrected chi connectivity index (χ0v) is 29.0. The van der Waals surface area contributed by atoms with E-state index < -0.39 is 17.4 Å². The van der Waals surface area contributed by atoms with Gasteiger partial charge < -0.3 is 15.2 Å². The average molecular weight is 676 g/mol. The van der Waals surface area contributed by atoms with E-state index in [1.54, 1.807) is 6.20 Å². The molecule has 9 aliphatic rings. The van der Waals surface area contributed by atoms with Crippen LogP contribution in [0.1, 0.15) is 108 Å². The number of carbonyl (C=O) groups is 4. The number of nitrogen functional groups attached to an aromatic ring is 1. The summed E-state index contributed by atoms with van der Waals surface area (Å²) in [5, 5.41) is 0. The van der Waals surface area contributed by atoms with Crippen molar-refractivity contribution in [1.29, 1.82) is 0 Å². The van der Waals surface area contributed by atoms with Crippen molar-refractivity contribution in [3.63, 3.8) is 0 Å². The highest BCUT2D eigenvalue weighted by Gasteiger charge is 2.69. The zero-order valence-electron chi connectivity index (χ0n) is 29.0. The second-order valence-corrected chi connectivity index (χ2v) is 15.8. The molecule has 0 unspecified atom stereocenters. The first-order chi connectivity index (χ1) is 24.2. The Hall–Kier alpha value is -4.27. The van der Waals surface area contributed by atoms with Crippen LogP contribution < -0.4 is 5.73 Å². The van der Waals surface area contributed by atoms with Gasteiger partial charge in [0.25, 0.3) is 11.8 Å². The Morgan fingerprint density at radius 3 is 2.50 bits per heavy atom. The van der Waals surface area contributed by atoms with Gasteiger partial charge in [0.15, 0.2) is 0 Å². The highest BCUT2D eigenvalue weighted by molar-refractivity contribution is 6.13. The molecule has 1 aromatic heterocycles. The van der Waals surface area contributed by atoms with E-state index in [1.807, 2.05) is 6.07 Å². The molecule has 3 aliphatic heterocycles. The number of cyclic esters (lactones) is 2. The molecule has 2 saturated carbocycles. The number of carbonyl (C=O) groups excluding carboxylic acids is 4. The number of fused-ring (bicyclic) bond motifs is 2. The minimum atomic E-state index is -0.829. The summed E-state index contributed by atoms with van der Waals surface area (Å²) in [4.78, 5) is 61.1. The Bertz CT molecular complexity index is 1890. The first-order valence-electron chi connectivity index (χ1n) is 18.9. The van der Waals surface area contributed by atoms with Gasteiger partial charge >= 0.3 is 11.9 Å². The van der Waals surface area contributed by atoms with Gasteiger partial charge in [0, 0.05) is 41.3 Å². The van der Waals surface area contributed by atoms with E-state index in [1.165, 1.54) is 29.9 Å². The van der Waals surface area contributed by atoms with Crippen molar-refractivity contribution in [1.82, 2.24) is 9.88 Å². The van der Waals surface area contributed by atoms with Gasteiger partial charge in [-0.2, -0.15) is 0 Å². The fourth-order valence-electron chi connectivity index (χ4n) is 11.7. The van der Waals surface area contributed by atoms with E-state index in [4.69, 9.17) is 15.2 Å².